The van der Waals surface area contributed by atoms with E-state index in [1.54, 1.807) is 0 Å². The second kappa shape index (κ2) is 9.09. The van der Waals surface area contributed by atoms with Crippen LogP contribution in [0.2, 0.25) is 0 Å². The van der Waals surface area contributed by atoms with Crippen molar-refractivity contribution in [3.05, 3.63) is 77.7 Å². The maximum Gasteiger partial charge on any atom is 0.295 e. The summed E-state index contributed by atoms with van der Waals surface area (Å²) in [6.45, 7) is 0.435. The highest BCUT2D eigenvalue weighted by molar-refractivity contribution is 6.16. The van der Waals surface area contributed by atoms with Crippen molar-refractivity contribution in [2.75, 3.05) is 12.3 Å². The third-order valence-corrected chi connectivity index (χ3v) is 4.93. The topological polar surface area (TPSA) is 102 Å². The normalized spacial score (nSPS) is 14.7. The summed E-state index contributed by atoms with van der Waals surface area (Å²) in [6.07, 6.45) is 7.81. The zero-order valence-electron chi connectivity index (χ0n) is 16.8. The number of nitrogen functional groups attached to an aromatic ring is 1. The highest BCUT2D eigenvalue weighted by Crippen LogP contribution is 2.28. The molecule has 1 aliphatic heterocycles. The van der Waals surface area contributed by atoms with E-state index in [1.165, 1.54) is 6.33 Å². The monoisotopic (exact) mass is 411 g/mol. The quantitative estimate of drug-likeness (QED) is 0.607. The minimum Gasteiger partial charge on any atom is -0.457 e. The van der Waals surface area contributed by atoms with Gasteiger partial charge in [0.2, 0.25) is 0 Å². The fourth-order valence-corrected chi connectivity index (χ4v) is 3.46. The highest BCUT2D eigenvalue weighted by Gasteiger charge is 2.25. The number of nitrogens with zero attached hydrogens (tertiary/aromatic N) is 3. The number of anilines is 1. The molecule has 2 heterocycles. The molecule has 4 rings (SSSR count). The van der Waals surface area contributed by atoms with Gasteiger partial charge in [0.15, 0.2) is 0 Å². The molecule has 0 radical (unpaired) electrons. The van der Waals surface area contributed by atoms with Gasteiger partial charge in [0.25, 0.3) is 5.91 Å². The number of fused-ring (bicyclic) bond motifs is 1. The number of terminal acetylenes is 1. The van der Waals surface area contributed by atoms with Gasteiger partial charge in [-0.05, 0) is 48.7 Å². The average Bonchev–Trinajstić information content (AvgIpc) is 2.80. The Hall–Kier alpha value is -4.18. The van der Waals surface area contributed by atoms with Gasteiger partial charge in [-0.15, -0.1) is 6.42 Å². The van der Waals surface area contributed by atoms with Gasteiger partial charge in [0, 0.05) is 18.5 Å². The molecule has 1 atom stereocenters. The SMILES string of the molecule is C#CC(=O)NCCC1Cc2ncnc(N)c2C(c2ccc(Oc3ccccc3)cc2)=N1. The first kappa shape index (κ1) is 20.1. The Morgan fingerprint density at radius 2 is 1.87 bits per heavy atom. The predicted molar refractivity (Wildman–Crippen MR) is 119 cm³/mol. The number of amides is 1. The fourth-order valence-electron chi connectivity index (χ4n) is 3.46. The van der Waals surface area contributed by atoms with Crippen LogP contribution >= 0.6 is 0 Å². The molecule has 3 N–H and O–H groups in total. The molecule has 0 fully saturated rings. The Kier molecular flexibility index (Phi) is 5.90. The molecule has 0 spiro atoms. The number of benzene rings is 2. The molecule has 0 bridgehead atoms. The molecule has 7 heteroatoms. The number of nitrogens with one attached hydrogen (secondary N) is 1. The molecule has 154 valence electrons. The number of aromatic nitrogens is 2. The van der Waals surface area contributed by atoms with Crippen molar-refractivity contribution in [2.45, 2.75) is 18.9 Å². The summed E-state index contributed by atoms with van der Waals surface area (Å²) in [4.78, 5) is 24.8. The van der Waals surface area contributed by atoms with Crippen LogP contribution in [0.4, 0.5) is 5.82 Å². The van der Waals surface area contributed by atoms with Gasteiger partial charge >= 0.3 is 0 Å². The molecule has 3 aromatic rings. The number of para-hydroxylation sites is 1. The van der Waals surface area contributed by atoms with Crippen LogP contribution in [0.3, 0.4) is 0 Å². The number of rotatable bonds is 6. The minimum absolute atomic E-state index is 0.0601. The maximum absolute atomic E-state index is 11.3. The second-order valence-corrected chi connectivity index (χ2v) is 7.04. The summed E-state index contributed by atoms with van der Waals surface area (Å²) in [6, 6.07) is 17.2. The molecule has 1 unspecified atom stereocenters. The van der Waals surface area contributed by atoms with Crippen molar-refractivity contribution in [1.82, 2.24) is 15.3 Å². The second-order valence-electron chi connectivity index (χ2n) is 7.04. The van der Waals surface area contributed by atoms with E-state index in [9.17, 15) is 4.79 Å². The molecule has 1 aromatic heterocycles. The van der Waals surface area contributed by atoms with Crippen molar-refractivity contribution in [3.8, 4) is 23.8 Å². The number of nitrogens with two attached hydrogens (primary N) is 1. The maximum atomic E-state index is 11.3. The van der Waals surface area contributed by atoms with Crippen LogP contribution in [0.1, 0.15) is 23.2 Å². The molecule has 0 aliphatic carbocycles. The number of carbonyl (C=O) groups is 1. The molecule has 1 aliphatic rings. The van der Waals surface area contributed by atoms with E-state index >= 15 is 0 Å². The van der Waals surface area contributed by atoms with Crippen molar-refractivity contribution < 1.29 is 9.53 Å². The first-order valence-corrected chi connectivity index (χ1v) is 9.89. The van der Waals surface area contributed by atoms with Gasteiger partial charge < -0.3 is 15.8 Å². The van der Waals surface area contributed by atoms with Gasteiger partial charge in [0.1, 0.15) is 23.6 Å². The van der Waals surface area contributed by atoms with Gasteiger partial charge in [-0.25, -0.2) is 9.97 Å². The van der Waals surface area contributed by atoms with Crippen molar-refractivity contribution in [3.63, 3.8) is 0 Å². The zero-order valence-corrected chi connectivity index (χ0v) is 16.8. The standard InChI is InChI=1S/C24H21N5O2/c1-2-21(30)26-13-12-17-14-20-22(24(25)28-15-27-20)23(29-17)16-8-10-19(11-9-16)31-18-6-4-3-5-7-18/h1,3-11,15,17H,12-14H2,(H,26,30)(H2,25,27,28). The van der Waals surface area contributed by atoms with E-state index in [-0.39, 0.29) is 6.04 Å². The lowest BCUT2D eigenvalue weighted by Crippen LogP contribution is -2.29. The van der Waals surface area contributed by atoms with Crippen LogP contribution in [0, 0.1) is 12.3 Å². The van der Waals surface area contributed by atoms with Crippen LogP contribution in [0.25, 0.3) is 0 Å². The molecular formula is C24H21N5O2. The van der Waals surface area contributed by atoms with Gasteiger partial charge in [-0.2, -0.15) is 0 Å². The van der Waals surface area contributed by atoms with Crippen LogP contribution in [0.5, 0.6) is 11.5 Å². The summed E-state index contributed by atoms with van der Waals surface area (Å²) in [5.41, 5.74) is 9.39. The van der Waals surface area contributed by atoms with E-state index in [0.717, 1.165) is 34.0 Å². The van der Waals surface area contributed by atoms with Crippen molar-refractivity contribution in [1.29, 1.82) is 0 Å². The number of aliphatic imine (C=N–C) groups is 1. The lowest BCUT2D eigenvalue weighted by atomic mass is 9.93. The summed E-state index contributed by atoms with van der Waals surface area (Å²) in [5.74, 6) is 3.50. The summed E-state index contributed by atoms with van der Waals surface area (Å²) in [5, 5.41) is 2.68. The van der Waals surface area contributed by atoms with Crippen LogP contribution in [0.15, 0.2) is 65.9 Å². The Morgan fingerprint density at radius 3 is 2.61 bits per heavy atom. The third kappa shape index (κ3) is 4.70. The highest BCUT2D eigenvalue weighted by atomic mass is 16.5. The predicted octanol–water partition coefficient (Wildman–Crippen LogP) is 2.75. The van der Waals surface area contributed by atoms with Gasteiger partial charge in [0.05, 0.1) is 23.0 Å². The van der Waals surface area contributed by atoms with Gasteiger partial charge in [-0.3, -0.25) is 9.79 Å². The summed E-state index contributed by atoms with van der Waals surface area (Å²) >= 11 is 0. The Labute approximate surface area is 180 Å². The molecule has 1 amide bonds. The lowest BCUT2D eigenvalue weighted by Gasteiger charge is -2.23. The smallest absolute Gasteiger partial charge is 0.295 e. The lowest BCUT2D eigenvalue weighted by molar-refractivity contribution is -0.115. The molecule has 31 heavy (non-hydrogen) atoms. The summed E-state index contributed by atoms with van der Waals surface area (Å²) in [7, 11) is 0. The van der Waals surface area contributed by atoms with E-state index in [2.05, 4.69) is 15.3 Å². The molecular weight excluding hydrogens is 390 g/mol. The van der Waals surface area contributed by atoms with Crippen molar-refractivity contribution >= 4 is 17.4 Å². The average molecular weight is 411 g/mol. The van der Waals surface area contributed by atoms with E-state index in [1.807, 2.05) is 60.5 Å². The third-order valence-electron chi connectivity index (χ3n) is 4.93. The van der Waals surface area contributed by atoms with Crippen LogP contribution in [-0.4, -0.2) is 34.2 Å². The molecule has 2 aromatic carbocycles. The van der Waals surface area contributed by atoms with E-state index in [0.29, 0.717) is 25.2 Å². The first-order chi connectivity index (χ1) is 15.1. The number of hydrogen-bond acceptors (Lipinski definition) is 6. The minimum atomic E-state index is -0.430. The fraction of sp³-hybridized carbons (Fsp3) is 0.167. The number of carbonyl (C=O) groups excluding carboxylic acids is 1. The van der Waals surface area contributed by atoms with Gasteiger partial charge in [-0.1, -0.05) is 18.2 Å². The molecule has 0 saturated carbocycles. The Balaban J connectivity index is 1.59. The van der Waals surface area contributed by atoms with Crippen LogP contribution < -0.4 is 15.8 Å². The van der Waals surface area contributed by atoms with E-state index in [4.69, 9.17) is 21.9 Å². The van der Waals surface area contributed by atoms with Crippen molar-refractivity contribution in [2.24, 2.45) is 4.99 Å². The zero-order chi connectivity index (χ0) is 21.6. The molecule has 7 nitrogen and oxygen atoms in total. The van der Waals surface area contributed by atoms with E-state index < -0.39 is 5.91 Å². The molecule has 0 saturated heterocycles. The Bertz CT molecular complexity index is 1150. The first-order valence-electron chi connectivity index (χ1n) is 9.89. The largest absolute Gasteiger partial charge is 0.457 e. The van der Waals surface area contributed by atoms with Crippen LogP contribution in [-0.2, 0) is 11.2 Å². The number of hydrogen-bond donors (Lipinski definition) is 2. The summed E-state index contributed by atoms with van der Waals surface area (Å²) < 4.78 is 5.88. The number of ether oxygens (including phenoxy) is 1. The Morgan fingerprint density at radius 1 is 1.13 bits per heavy atom.